The Bertz CT molecular complexity index is 221. The van der Waals surface area contributed by atoms with E-state index in [0.717, 1.165) is 24.2 Å². The summed E-state index contributed by atoms with van der Waals surface area (Å²) in [7, 11) is 0. The summed E-state index contributed by atoms with van der Waals surface area (Å²) in [6, 6.07) is 0. The molecule has 1 heteroatoms. The molecule has 1 nitrogen and oxygen atoms in total. The Morgan fingerprint density at radius 2 is 1.58 bits per heavy atom. The molecule has 0 radical (unpaired) electrons. The first-order valence-electron chi connectivity index (χ1n) is 5.40. The van der Waals surface area contributed by atoms with Crippen LogP contribution in [0.5, 0.6) is 0 Å². The van der Waals surface area contributed by atoms with Gasteiger partial charge in [0, 0.05) is 12.3 Å². The Morgan fingerprint density at radius 1 is 0.917 bits per heavy atom. The number of hydrogen-bond donors (Lipinski definition) is 0. The van der Waals surface area contributed by atoms with E-state index >= 15 is 0 Å². The van der Waals surface area contributed by atoms with Gasteiger partial charge in [-0.3, -0.25) is 4.79 Å². The van der Waals surface area contributed by atoms with E-state index in [9.17, 15) is 4.79 Å². The highest BCUT2D eigenvalue weighted by Crippen LogP contribution is 2.59. The number of ketones is 1. The Labute approximate surface area is 73.5 Å². The van der Waals surface area contributed by atoms with E-state index in [4.69, 9.17) is 0 Å². The second kappa shape index (κ2) is 2.34. The van der Waals surface area contributed by atoms with Gasteiger partial charge in [0.15, 0.2) is 0 Å². The Balaban J connectivity index is 1.84. The predicted octanol–water partition coefficient (Wildman–Crippen LogP) is 2.40. The van der Waals surface area contributed by atoms with E-state index in [2.05, 4.69) is 0 Å². The standard InChI is InChI=1S/C11H16O/c12-10-6-2-5-9-7-3-1-4-8(7)11(9)10/h7-9,11H,1-6H2/t7-,8-,9+,11-/m1/s1. The molecule has 0 aromatic rings. The minimum Gasteiger partial charge on any atom is -0.299 e. The maximum Gasteiger partial charge on any atom is 0.136 e. The summed E-state index contributed by atoms with van der Waals surface area (Å²) in [5.74, 6) is 3.78. The monoisotopic (exact) mass is 164 g/mol. The molecule has 3 rings (SSSR count). The van der Waals surface area contributed by atoms with Gasteiger partial charge in [-0.25, -0.2) is 0 Å². The van der Waals surface area contributed by atoms with Crippen LogP contribution in [0.4, 0.5) is 0 Å². The fourth-order valence-corrected chi connectivity index (χ4v) is 3.98. The molecule has 0 spiro atoms. The van der Waals surface area contributed by atoms with Crippen LogP contribution < -0.4 is 0 Å². The van der Waals surface area contributed by atoms with Crippen LogP contribution in [-0.2, 0) is 4.79 Å². The lowest BCUT2D eigenvalue weighted by molar-refractivity contribution is -0.141. The van der Waals surface area contributed by atoms with Crippen molar-refractivity contribution < 1.29 is 4.79 Å². The third-order valence-corrected chi connectivity index (χ3v) is 4.43. The summed E-state index contributed by atoms with van der Waals surface area (Å²) in [6.45, 7) is 0. The van der Waals surface area contributed by atoms with Gasteiger partial charge in [0.2, 0.25) is 0 Å². The fraction of sp³-hybridized carbons (Fsp3) is 0.909. The molecule has 66 valence electrons. The summed E-state index contributed by atoms with van der Waals surface area (Å²) < 4.78 is 0. The Hall–Kier alpha value is -0.330. The van der Waals surface area contributed by atoms with Gasteiger partial charge in [-0.15, -0.1) is 0 Å². The van der Waals surface area contributed by atoms with Crippen LogP contribution in [0.25, 0.3) is 0 Å². The quantitative estimate of drug-likeness (QED) is 0.537. The highest BCUT2D eigenvalue weighted by Gasteiger charge is 2.55. The van der Waals surface area contributed by atoms with Gasteiger partial charge in [-0.1, -0.05) is 6.42 Å². The third kappa shape index (κ3) is 0.725. The SMILES string of the molecule is O=C1CCC[C@H]2[C@@H]3CCC[C@H]3[C@@H]12. The van der Waals surface area contributed by atoms with E-state index in [1.165, 1.54) is 32.1 Å². The van der Waals surface area contributed by atoms with Crippen LogP contribution in [0.15, 0.2) is 0 Å². The molecule has 0 heterocycles. The van der Waals surface area contributed by atoms with Crippen LogP contribution in [-0.4, -0.2) is 5.78 Å². The normalized spacial score (nSPS) is 51.2. The molecule has 0 amide bonds. The van der Waals surface area contributed by atoms with Crippen LogP contribution in [0, 0.1) is 23.7 Å². The summed E-state index contributed by atoms with van der Waals surface area (Å²) in [5.41, 5.74) is 0. The first kappa shape index (κ1) is 7.11. The number of fused-ring (bicyclic) bond motifs is 4. The van der Waals surface area contributed by atoms with Crippen molar-refractivity contribution >= 4 is 5.78 Å². The zero-order valence-corrected chi connectivity index (χ0v) is 7.46. The number of carbonyl (C=O) groups is 1. The molecule has 3 aliphatic carbocycles. The molecule has 0 unspecified atom stereocenters. The Morgan fingerprint density at radius 3 is 2.42 bits per heavy atom. The third-order valence-electron chi connectivity index (χ3n) is 4.43. The van der Waals surface area contributed by atoms with Gasteiger partial charge in [-0.05, 0) is 43.4 Å². The van der Waals surface area contributed by atoms with Crippen molar-refractivity contribution in [1.29, 1.82) is 0 Å². The van der Waals surface area contributed by atoms with Gasteiger partial charge >= 0.3 is 0 Å². The van der Waals surface area contributed by atoms with Crippen LogP contribution >= 0.6 is 0 Å². The van der Waals surface area contributed by atoms with E-state index in [0.29, 0.717) is 11.7 Å². The van der Waals surface area contributed by atoms with Gasteiger partial charge in [0.05, 0.1) is 0 Å². The second-order valence-electron chi connectivity index (χ2n) is 4.81. The first-order chi connectivity index (χ1) is 5.88. The molecule has 0 bridgehead atoms. The zero-order valence-electron chi connectivity index (χ0n) is 7.46. The van der Waals surface area contributed by atoms with Gasteiger partial charge in [0.1, 0.15) is 5.78 Å². The largest absolute Gasteiger partial charge is 0.299 e. The predicted molar refractivity (Wildman–Crippen MR) is 46.7 cm³/mol. The van der Waals surface area contributed by atoms with Gasteiger partial charge in [0.25, 0.3) is 0 Å². The zero-order chi connectivity index (χ0) is 8.13. The molecule has 0 aromatic heterocycles. The number of hydrogen-bond acceptors (Lipinski definition) is 1. The maximum absolute atomic E-state index is 11.6. The van der Waals surface area contributed by atoms with Crippen molar-refractivity contribution in [2.24, 2.45) is 23.7 Å². The molecule has 3 fully saturated rings. The molecule has 12 heavy (non-hydrogen) atoms. The van der Waals surface area contributed by atoms with E-state index in [1.807, 2.05) is 0 Å². The van der Waals surface area contributed by atoms with Gasteiger partial charge < -0.3 is 0 Å². The Kier molecular flexibility index (Phi) is 1.38. The number of Topliss-reactive ketones (excluding diaryl/α,β-unsaturated/α-hetero) is 1. The molecule has 0 aliphatic heterocycles. The molecule has 0 N–H and O–H groups in total. The lowest BCUT2D eigenvalue weighted by Gasteiger charge is -2.50. The minimum atomic E-state index is 0.534. The lowest BCUT2D eigenvalue weighted by atomic mass is 9.53. The molecular weight excluding hydrogens is 148 g/mol. The molecular formula is C11H16O. The summed E-state index contributed by atoms with van der Waals surface area (Å²) in [5, 5.41) is 0. The summed E-state index contributed by atoms with van der Waals surface area (Å²) in [6.07, 6.45) is 7.62. The minimum absolute atomic E-state index is 0.534. The highest BCUT2D eigenvalue weighted by molar-refractivity contribution is 5.83. The van der Waals surface area contributed by atoms with Crippen molar-refractivity contribution in [1.82, 2.24) is 0 Å². The fourth-order valence-electron chi connectivity index (χ4n) is 3.98. The van der Waals surface area contributed by atoms with Gasteiger partial charge in [-0.2, -0.15) is 0 Å². The molecule has 3 aliphatic rings. The lowest BCUT2D eigenvalue weighted by Crippen LogP contribution is -2.50. The van der Waals surface area contributed by atoms with E-state index in [-0.39, 0.29) is 0 Å². The number of carbonyl (C=O) groups excluding carboxylic acids is 1. The van der Waals surface area contributed by atoms with Crippen molar-refractivity contribution in [3.63, 3.8) is 0 Å². The smallest absolute Gasteiger partial charge is 0.136 e. The van der Waals surface area contributed by atoms with Crippen molar-refractivity contribution in [2.45, 2.75) is 38.5 Å². The van der Waals surface area contributed by atoms with Crippen LogP contribution in [0.3, 0.4) is 0 Å². The number of rotatable bonds is 0. The second-order valence-corrected chi connectivity index (χ2v) is 4.81. The molecule has 0 saturated heterocycles. The van der Waals surface area contributed by atoms with E-state index in [1.54, 1.807) is 0 Å². The highest BCUT2D eigenvalue weighted by atomic mass is 16.1. The molecule has 4 atom stereocenters. The van der Waals surface area contributed by atoms with Crippen molar-refractivity contribution in [2.75, 3.05) is 0 Å². The first-order valence-corrected chi connectivity index (χ1v) is 5.40. The van der Waals surface area contributed by atoms with Crippen molar-refractivity contribution in [3.8, 4) is 0 Å². The van der Waals surface area contributed by atoms with E-state index < -0.39 is 0 Å². The average Bonchev–Trinajstić information content (AvgIpc) is 2.43. The molecule has 3 saturated carbocycles. The van der Waals surface area contributed by atoms with Crippen molar-refractivity contribution in [3.05, 3.63) is 0 Å². The topological polar surface area (TPSA) is 17.1 Å². The summed E-state index contributed by atoms with van der Waals surface area (Å²) in [4.78, 5) is 11.6. The maximum atomic E-state index is 11.6. The van der Waals surface area contributed by atoms with Crippen LogP contribution in [0.2, 0.25) is 0 Å². The molecule has 0 aromatic carbocycles. The van der Waals surface area contributed by atoms with Crippen LogP contribution in [0.1, 0.15) is 38.5 Å². The summed E-state index contributed by atoms with van der Waals surface area (Å²) >= 11 is 0. The average molecular weight is 164 g/mol.